The largest absolute Gasteiger partial charge is 0.369 e. The molecule has 0 aliphatic rings. The van der Waals surface area contributed by atoms with Gasteiger partial charge < -0.3 is 10.6 Å². The van der Waals surface area contributed by atoms with Crippen molar-refractivity contribution in [3.8, 4) is 0 Å². The van der Waals surface area contributed by atoms with Gasteiger partial charge in [-0.1, -0.05) is 0 Å². The van der Waals surface area contributed by atoms with Crippen LogP contribution in [0.1, 0.15) is 11.3 Å². The van der Waals surface area contributed by atoms with Crippen LogP contribution in [0.2, 0.25) is 0 Å². The molecule has 0 fully saturated rings. The number of hydrogen-bond donors (Lipinski definition) is 1. The van der Waals surface area contributed by atoms with Gasteiger partial charge in [0.25, 0.3) is 0 Å². The Hall–Kier alpha value is -1.46. The number of aromatic nitrogens is 1. The average molecular weight is 265 g/mol. The van der Waals surface area contributed by atoms with Gasteiger partial charge in [-0.2, -0.15) is 0 Å². The summed E-state index contributed by atoms with van der Waals surface area (Å²) < 4.78 is 13.5. The van der Waals surface area contributed by atoms with Crippen LogP contribution < -0.4 is 10.6 Å². The molecule has 2 aromatic rings. The summed E-state index contributed by atoms with van der Waals surface area (Å²) >= 11 is 1.56. The summed E-state index contributed by atoms with van der Waals surface area (Å²) in [5.74, 6) is -0.221. The number of thiazole rings is 1. The standard InChI is InChI=1S/C13H16FN3S/c1-17(7-12-8-18-9-16-12)13-5-10(2-3-15)4-11(14)6-13/h4-6,8-9H,2-3,7,15H2,1H3. The highest BCUT2D eigenvalue weighted by molar-refractivity contribution is 7.07. The fraction of sp³-hybridized carbons (Fsp3) is 0.308. The predicted octanol–water partition coefficient (Wildman–Crippen LogP) is 2.42. The molecule has 5 heteroatoms. The van der Waals surface area contributed by atoms with Gasteiger partial charge in [0, 0.05) is 18.1 Å². The Morgan fingerprint density at radius 1 is 1.39 bits per heavy atom. The second-order valence-electron chi connectivity index (χ2n) is 4.19. The molecule has 0 bridgehead atoms. The Kier molecular flexibility index (Phi) is 4.28. The zero-order chi connectivity index (χ0) is 13.0. The van der Waals surface area contributed by atoms with Crippen LogP contribution in [-0.2, 0) is 13.0 Å². The monoisotopic (exact) mass is 265 g/mol. The number of anilines is 1. The first-order chi connectivity index (χ1) is 8.69. The third-order valence-electron chi connectivity index (χ3n) is 2.70. The van der Waals surface area contributed by atoms with Crippen molar-refractivity contribution in [1.29, 1.82) is 0 Å². The van der Waals surface area contributed by atoms with E-state index in [4.69, 9.17) is 5.73 Å². The second kappa shape index (κ2) is 5.93. The van der Waals surface area contributed by atoms with Crippen LogP contribution in [-0.4, -0.2) is 18.6 Å². The molecule has 0 atom stereocenters. The van der Waals surface area contributed by atoms with Crippen molar-refractivity contribution in [3.63, 3.8) is 0 Å². The lowest BCUT2D eigenvalue weighted by atomic mass is 10.1. The minimum atomic E-state index is -0.221. The highest BCUT2D eigenvalue weighted by Gasteiger charge is 2.07. The minimum absolute atomic E-state index is 0.221. The SMILES string of the molecule is CN(Cc1cscn1)c1cc(F)cc(CCN)c1. The van der Waals surface area contributed by atoms with E-state index < -0.39 is 0 Å². The van der Waals surface area contributed by atoms with E-state index in [1.807, 2.05) is 23.4 Å². The maximum atomic E-state index is 13.5. The highest BCUT2D eigenvalue weighted by Crippen LogP contribution is 2.19. The molecule has 1 aromatic heterocycles. The van der Waals surface area contributed by atoms with Gasteiger partial charge >= 0.3 is 0 Å². The zero-order valence-corrected chi connectivity index (χ0v) is 11.1. The molecular weight excluding hydrogens is 249 g/mol. The lowest BCUT2D eigenvalue weighted by Gasteiger charge is -2.19. The topological polar surface area (TPSA) is 42.2 Å². The second-order valence-corrected chi connectivity index (χ2v) is 4.91. The molecule has 0 saturated carbocycles. The maximum Gasteiger partial charge on any atom is 0.125 e. The average Bonchev–Trinajstić information content (AvgIpc) is 2.81. The van der Waals surface area contributed by atoms with Crippen molar-refractivity contribution in [1.82, 2.24) is 4.98 Å². The normalized spacial score (nSPS) is 10.6. The molecule has 0 radical (unpaired) electrons. The van der Waals surface area contributed by atoms with E-state index in [2.05, 4.69) is 4.98 Å². The molecule has 2 N–H and O–H groups in total. The Balaban J connectivity index is 2.16. The summed E-state index contributed by atoms with van der Waals surface area (Å²) in [6.07, 6.45) is 0.690. The lowest BCUT2D eigenvalue weighted by Crippen LogP contribution is -2.17. The van der Waals surface area contributed by atoms with E-state index >= 15 is 0 Å². The molecule has 96 valence electrons. The molecule has 0 aliphatic heterocycles. The van der Waals surface area contributed by atoms with Gasteiger partial charge in [-0.3, -0.25) is 0 Å². The summed E-state index contributed by atoms with van der Waals surface area (Å²) in [6.45, 7) is 1.20. The van der Waals surface area contributed by atoms with Crippen LogP contribution in [0.3, 0.4) is 0 Å². The fourth-order valence-corrected chi connectivity index (χ4v) is 2.36. The molecule has 1 heterocycles. The predicted molar refractivity (Wildman–Crippen MR) is 73.4 cm³/mol. The van der Waals surface area contributed by atoms with Crippen LogP contribution in [0, 0.1) is 5.82 Å². The molecule has 3 nitrogen and oxygen atoms in total. The smallest absolute Gasteiger partial charge is 0.125 e. The first-order valence-electron chi connectivity index (χ1n) is 5.77. The van der Waals surface area contributed by atoms with E-state index in [-0.39, 0.29) is 5.82 Å². The van der Waals surface area contributed by atoms with Crippen LogP contribution in [0.5, 0.6) is 0 Å². The molecule has 0 saturated heterocycles. The Bertz CT molecular complexity index is 499. The number of nitrogens with zero attached hydrogens (tertiary/aromatic N) is 2. The molecule has 2 rings (SSSR count). The van der Waals surface area contributed by atoms with Crippen molar-refractivity contribution in [3.05, 3.63) is 46.2 Å². The van der Waals surface area contributed by atoms with Crippen LogP contribution in [0.25, 0.3) is 0 Å². The van der Waals surface area contributed by atoms with Gasteiger partial charge in [0.05, 0.1) is 17.7 Å². The van der Waals surface area contributed by atoms with Gasteiger partial charge in [-0.15, -0.1) is 11.3 Å². The molecule has 0 spiro atoms. The summed E-state index contributed by atoms with van der Waals surface area (Å²) in [5, 5.41) is 2.00. The van der Waals surface area contributed by atoms with Gasteiger partial charge in [0.15, 0.2) is 0 Å². The number of rotatable bonds is 5. The van der Waals surface area contributed by atoms with Gasteiger partial charge in [0.1, 0.15) is 5.82 Å². The number of halogens is 1. The summed E-state index contributed by atoms with van der Waals surface area (Å²) in [6, 6.07) is 5.04. The molecule has 18 heavy (non-hydrogen) atoms. The van der Waals surface area contributed by atoms with Crippen molar-refractivity contribution in [2.45, 2.75) is 13.0 Å². The van der Waals surface area contributed by atoms with Crippen molar-refractivity contribution in [2.75, 3.05) is 18.5 Å². The van der Waals surface area contributed by atoms with Gasteiger partial charge in [-0.05, 0) is 36.7 Å². The molecule has 1 aromatic carbocycles. The summed E-state index contributed by atoms with van der Waals surface area (Å²) in [4.78, 5) is 6.21. The first kappa shape index (κ1) is 13.0. The van der Waals surface area contributed by atoms with Crippen LogP contribution >= 0.6 is 11.3 Å². The van der Waals surface area contributed by atoms with E-state index in [1.165, 1.54) is 12.1 Å². The van der Waals surface area contributed by atoms with E-state index in [9.17, 15) is 4.39 Å². The van der Waals surface area contributed by atoms with Gasteiger partial charge in [0.2, 0.25) is 0 Å². The van der Waals surface area contributed by atoms with Crippen LogP contribution in [0.4, 0.5) is 10.1 Å². The number of benzene rings is 1. The molecule has 0 amide bonds. The fourth-order valence-electron chi connectivity index (χ4n) is 1.81. The summed E-state index contributed by atoms with van der Waals surface area (Å²) in [5.41, 5.74) is 10.1. The number of nitrogens with two attached hydrogens (primary N) is 1. The Labute approximate surface area is 110 Å². The summed E-state index contributed by atoms with van der Waals surface area (Å²) in [7, 11) is 1.93. The Morgan fingerprint density at radius 3 is 2.89 bits per heavy atom. The third-order valence-corrected chi connectivity index (χ3v) is 3.33. The van der Waals surface area contributed by atoms with E-state index in [1.54, 1.807) is 16.8 Å². The molecular formula is C13H16FN3S. The van der Waals surface area contributed by atoms with Crippen molar-refractivity contribution < 1.29 is 4.39 Å². The highest BCUT2D eigenvalue weighted by atomic mass is 32.1. The van der Waals surface area contributed by atoms with Gasteiger partial charge in [-0.25, -0.2) is 9.37 Å². The van der Waals surface area contributed by atoms with Crippen molar-refractivity contribution in [2.24, 2.45) is 5.73 Å². The first-order valence-corrected chi connectivity index (χ1v) is 6.71. The zero-order valence-electron chi connectivity index (χ0n) is 10.3. The Morgan fingerprint density at radius 2 is 2.22 bits per heavy atom. The quantitative estimate of drug-likeness (QED) is 0.902. The number of hydrogen-bond acceptors (Lipinski definition) is 4. The van der Waals surface area contributed by atoms with E-state index in [0.29, 0.717) is 19.5 Å². The molecule has 0 aliphatic carbocycles. The minimum Gasteiger partial charge on any atom is -0.369 e. The third kappa shape index (κ3) is 3.27. The lowest BCUT2D eigenvalue weighted by molar-refractivity contribution is 0.624. The van der Waals surface area contributed by atoms with E-state index in [0.717, 1.165) is 16.9 Å². The molecule has 0 unspecified atom stereocenters. The van der Waals surface area contributed by atoms with Crippen molar-refractivity contribution >= 4 is 17.0 Å². The maximum absolute atomic E-state index is 13.5. The van der Waals surface area contributed by atoms with Crippen LogP contribution in [0.15, 0.2) is 29.1 Å².